The van der Waals surface area contributed by atoms with Crippen LogP contribution in [0.4, 0.5) is 0 Å². The molecule has 0 spiro atoms. The van der Waals surface area contributed by atoms with Crippen LogP contribution < -0.4 is 0 Å². The Kier molecular flexibility index (Phi) is 1.31. The van der Waals surface area contributed by atoms with E-state index >= 15 is 0 Å². The van der Waals surface area contributed by atoms with Crippen LogP contribution in [0.3, 0.4) is 0 Å². The van der Waals surface area contributed by atoms with Crippen molar-refractivity contribution in [1.29, 1.82) is 0 Å². The molecule has 0 unspecified atom stereocenters. The molecule has 0 N–H and O–H groups in total. The van der Waals surface area contributed by atoms with E-state index < -0.39 is 0 Å². The lowest BCUT2D eigenvalue weighted by Gasteiger charge is -2.02. The minimum absolute atomic E-state index is 1.03. The zero-order chi connectivity index (χ0) is 7.84. The Morgan fingerprint density at radius 3 is 2.91 bits per heavy atom. The van der Waals surface area contributed by atoms with E-state index in [9.17, 15) is 0 Å². The highest BCUT2D eigenvalue weighted by atomic mass is 14.8. The van der Waals surface area contributed by atoms with E-state index in [1.165, 1.54) is 16.8 Å². The molecule has 1 aliphatic heterocycles. The lowest BCUT2D eigenvalue weighted by molar-refractivity contribution is 1.23. The molecule has 0 aromatic carbocycles. The van der Waals surface area contributed by atoms with Gasteiger partial charge in [-0.3, -0.25) is 4.99 Å². The van der Waals surface area contributed by atoms with Crippen molar-refractivity contribution in [2.75, 3.05) is 0 Å². The van der Waals surface area contributed by atoms with Crippen LogP contribution >= 0.6 is 0 Å². The lowest BCUT2D eigenvalue weighted by Crippen LogP contribution is -1.89. The number of hydrogen-bond donors (Lipinski definition) is 0. The summed E-state index contributed by atoms with van der Waals surface area (Å²) in [7, 11) is 0. The molecule has 2 aliphatic rings. The molecule has 56 valence electrons. The fourth-order valence-electron chi connectivity index (χ4n) is 1.44. The highest BCUT2D eigenvalue weighted by Crippen LogP contribution is 2.28. The van der Waals surface area contributed by atoms with Crippen molar-refractivity contribution in [2.24, 2.45) is 4.99 Å². The Balaban J connectivity index is 2.55. The second-order valence-electron chi connectivity index (χ2n) is 2.96. The molecule has 0 aromatic rings. The molecule has 0 fully saturated rings. The normalized spacial score (nSPS) is 21.6. The van der Waals surface area contributed by atoms with Crippen molar-refractivity contribution < 1.29 is 0 Å². The number of fused-ring (bicyclic) bond motifs is 1. The molecule has 1 aliphatic carbocycles. The van der Waals surface area contributed by atoms with Crippen molar-refractivity contribution in [2.45, 2.75) is 20.3 Å². The Bertz CT molecular complexity index is 314. The van der Waals surface area contributed by atoms with E-state index in [0.717, 1.165) is 12.1 Å². The third-order valence-electron chi connectivity index (χ3n) is 2.24. The fraction of sp³-hybridized carbons (Fsp3) is 0.300. The average Bonchev–Trinajstić information content (AvgIpc) is 2.30. The van der Waals surface area contributed by atoms with Crippen molar-refractivity contribution >= 4 is 5.71 Å². The number of rotatable bonds is 0. The highest BCUT2D eigenvalue weighted by molar-refractivity contribution is 6.03. The monoisotopic (exact) mass is 145 g/mol. The Labute approximate surface area is 66.8 Å². The zero-order valence-corrected chi connectivity index (χ0v) is 6.89. The molecular formula is C10H11N. The topological polar surface area (TPSA) is 12.4 Å². The first-order valence-electron chi connectivity index (χ1n) is 3.92. The predicted octanol–water partition coefficient (Wildman–Crippen LogP) is 2.62. The molecule has 1 heterocycles. The van der Waals surface area contributed by atoms with Gasteiger partial charge in [-0.2, -0.15) is 0 Å². The molecule has 0 bridgehead atoms. The van der Waals surface area contributed by atoms with E-state index in [1.807, 2.05) is 0 Å². The Morgan fingerprint density at radius 1 is 1.36 bits per heavy atom. The standard InChI is InChI=1S/C10H11N/c1-7-8(2)11-10-6-4-3-5-9(7)10/h3,5-6H,4H2,1-2H3. The van der Waals surface area contributed by atoms with Crippen LogP contribution in [0, 0.1) is 0 Å². The summed E-state index contributed by atoms with van der Waals surface area (Å²) in [6, 6.07) is 0. The number of hydrogen-bond acceptors (Lipinski definition) is 1. The average molecular weight is 145 g/mol. The predicted molar refractivity (Wildman–Crippen MR) is 47.6 cm³/mol. The molecule has 0 atom stereocenters. The first-order valence-corrected chi connectivity index (χ1v) is 3.92. The molecule has 11 heavy (non-hydrogen) atoms. The van der Waals surface area contributed by atoms with Crippen LogP contribution in [0.5, 0.6) is 0 Å². The van der Waals surface area contributed by atoms with Gasteiger partial charge in [0.15, 0.2) is 0 Å². The van der Waals surface area contributed by atoms with Gasteiger partial charge in [-0.25, -0.2) is 0 Å². The quantitative estimate of drug-likeness (QED) is 0.497. The molecular weight excluding hydrogens is 134 g/mol. The maximum Gasteiger partial charge on any atom is 0.0671 e. The van der Waals surface area contributed by atoms with Gasteiger partial charge in [-0.15, -0.1) is 0 Å². The first kappa shape index (κ1) is 6.59. The number of aliphatic imine (C=N–C) groups is 1. The Morgan fingerprint density at radius 2 is 2.18 bits per heavy atom. The fourth-order valence-corrected chi connectivity index (χ4v) is 1.44. The van der Waals surface area contributed by atoms with Crippen molar-refractivity contribution in [3.63, 3.8) is 0 Å². The minimum atomic E-state index is 1.03. The van der Waals surface area contributed by atoms with Gasteiger partial charge < -0.3 is 0 Å². The van der Waals surface area contributed by atoms with Crippen LogP contribution in [0.2, 0.25) is 0 Å². The van der Waals surface area contributed by atoms with Gasteiger partial charge in [0.25, 0.3) is 0 Å². The molecule has 0 saturated heterocycles. The van der Waals surface area contributed by atoms with Gasteiger partial charge in [0.1, 0.15) is 0 Å². The summed E-state index contributed by atoms with van der Waals surface area (Å²) >= 11 is 0. The van der Waals surface area contributed by atoms with Crippen LogP contribution in [0.25, 0.3) is 0 Å². The van der Waals surface area contributed by atoms with E-state index in [-0.39, 0.29) is 0 Å². The molecule has 1 heteroatoms. The molecule has 0 amide bonds. The molecule has 0 radical (unpaired) electrons. The summed E-state index contributed by atoms with van der Waals surface area (Å²) in [6.07, 6.45) is 7.55. The maximum absolute atomic E-state index is 4.44. The summed E-state index contributed by atoms with van der Waals surface area (Å²) in [5, 5.41) is 0. The smallest absolute Gasteiger partial charge is 0.0671 e. The SMILES string of the molecule is CC1=NC2=CCC=CC2=C1C. The third kappa shape index (κ3) is 0.881. The van der Waals surface area contributed by atoms with E-state index in [1.54, 1.807) is 0 Å². The summed E-state index contributed by atoms with van der Waals surface area (Å²) < 4.78 is 0. The largest absolute Gasteiger partial charge is 0.253 e. The molecule has 0 aromatic heterocycles. The minimum Gasteiger partial charge on any atom is -0.253 e. The highest BCUT2D eigenvalue weighted by Gasteiger charge is 2.15. The van der Waals surface area contributed by atoms with Crippen molar-refractivity contribution in [3.05, 3.63) is 35.1 Å². The van der Waals surface area contributed by atoms with Gasteiger partial charge in [0, 0.05) is 11.3 Å². The van der Waals surface area contributed by atoms with E-state index in [4.69, 9.17) is 0 Å². The van der Waals surface area contributed by atoms with Crippen LogP contribution in [0.15, 0.2) is 40.1 Å². The van der Waals surface area contributed by atoms with Gasteiger partial charge in [-0.05, 0) is 25.8 Å². The summed E-state index contributed by atoms with van der Waals surface area (Å²) in [5.74, 6) is 0. The van der Waals surface area contributed by atoms with Gasteiger partial charge in [0.05, 0.1) is 5.70 Å². The summed E-state index contributed by atoms with van der Waals surface area (Å²) in [5.41, 5.74) is 4.97. The first-order chi connectivity index (χ1) is 5.29. The van der Waals surface area contributed by atoms with Crippen LogP contribution in [-0.2, 0) is 0 Å². The van der Waals surface area contributed by atoms with E-state index in [0.29, 0.717) is 0 Å². The number of nitrogens with zero attached hydrogens (tertiary/aromatic N) is 1. The summed E-state index contributed by atoms with van der Waals surface area (Å²) in [6.45, 7) is 4.19. The van der Waals surface area contributed by atoms with E-state index in [2.05, 4.69) is 37.1 Å². The van der Waals surface area contributed by atoms with Crippen molar-refractivity contribution in [3.8, 4) is 0 Å². The van der Waals surface area contributed by atoms with Crippen molar-refractivity contribution in [1.82, 2.24) is 0 Å². The molecule has 2 rings (SSSR count). The molecule has 0 saturated carbocycles. The van der Waals surface area contributed by atoms with Crippen LogP contribution in [-0.4, -0.2) is 5.71 Å². The van der Waals surface area contributed by atoms with Gasteiger partial charge in [-0.1, -0.05) is 18.2 Å². The zero-order valence-electron chi connectivity index (χ0n) is 6.89. The second-order valence-corrected chi connectivity index (χ2v) is 2.96. The van der Waals surface area contributed by atoms with Crippen LogP contribution in [0.1, 0.15) is 20.3 Å². The maximum atomic E-state index is 4.44. The lowest BCUT2D eigenvalue weighted by atomic mass is 10.0. The number of allylic oxidation sites excluding steroid dienone is 4. The van der Waals surface area contributed by atoms with Gasteiger partial charge >= 0.3 is 0 Å². The molecule has 1 nitrogen and oxygen atoms in total. The van der Waals surface area contributed by atoms with Gasteiger partial charge in [0.2, 0.25) is 0 Å². The third-order valence-corrected chi connectivity index (χ3v) is 2.24. The Hall–Kier alpha value is -1.11. The summed E-state index contributed by atoms with van der Waals surface area (Å²) in [4.78, 5) is 4.44. The second kappa shape index (κ2) is 2.19.